The number of nitrogens with zero attached hydrogens (tertiary/aromatic N) is 3. The highest BCUT2D eigenvalue weighted by Gasteiger charge is 2.44. The number of carbonyl (C=O) groups is 3. The summed E-state index contributed by atoms with van der Waals surface area (Å²) in [4.78, 5) is 38.7. The van der Waals surface area contributed by atoms with Crippen LogP contribution in [0, 0.1) is 0 Å². The summed E-state index contributed by atoms with van der Waals surface area (Å²) in [5, 5.41) is 11.9. The van der Waals surface area contributed by atoms with E-state index < -0.39 is 36.0 Å². The van der Waals surface area contributed by atoms with Crippen LogP contribution in [0.3, 0.4) is 0 Å². The summed E-state index contributed by atoms with van der Waals surface area (Å²) in [7, 11) is 0. The first-order valence-corrected chi connectivity index (χ1v) is 11.4. The molecule has 12 heteroatoms. The molecule has 1 saturated heterocycles. The van der Waals surface area contributed by atoms with Gasteiger partial charge in [-0.25, -0.2) is 4.79 Å². The molecule has 0 aliphatic carbocycles. The van der Waals surface area contributed by atoms with Crippen LogP contribution >= 0.6 is 0 Å². The topological polar surface area (TPSA) is 113 Å². The Bertz CT molecular complexity index is 1100. The molecule has 1 fully saturated rings. The number of carbonyl (C=O) groups excluding carboxylic acids is 2. The van der Waals surface area contributed by atoms with E-state index in [1.165, 1.54) is 17.0 Å². The number of carboxylic acid groups (broad SMARTS) is 1. The maximum absolute atomic E-state index is 13.2. The molecule has 2 unspecified atom stereocenters. The van der Waals surface area contributed by atoms with E-state index in [0.717, 1.165) is 4.90 Å². The summed E-state index contributed by atoms with van der Waals surface area (Å²) < 4.78 is 50.3. The highest BCUT2D eigenvalue weighted by Crippen LogP contribution is 2.38. The van der Waals surface area contributed by atoms with Crippen molar-refractivity contribution in [3.05, 3.63) is 23.4 Å². The van der Waals surface area contributed by atoms with Gasteiger partial charge in [-0.1, -0.05) is 18.5 Å². The molecule has 0 bridgehead atoms. The first-order chi connectivity index (χ1) is 16.5. The van der Waals surface area contributed by atoms with E-state index in [2.05, 4.69) is 5.16 Å². The van der Waals surface area contributed by atoms with E-state index >= 15 is 0 Å². The Labute approximate surface area is 199 Å². The fraction of sp³-hybridized carbons (Fsp3) is 0.565. The highest BCUT2D eigenvalue weighted by molar-refractivity contribution is 6.04. The molecular weight excluding hydrogens is 471 g/mol. The van der Waals surface area contributed by atoms with Gasteiger partial charge in [0.05, 0.1) is 12.0 Å². The van der Waals surface area contributed by atoms with Crippen molar-refractivity contribution in [2.24, 2.45) is 0 Å². The molecule has 35 heavy (non-hydrogen) atoms. The van der Waals surface area contributed by atoms with E-state index in [1.807, 2.05) is 6.92 Å². The second-order valence-corrected chi connectivity index (χ2v) is 8.54. The molecule has 2 aromatic rings. The van der Waals surface area contributed by atoms with Crippen molar-refractivity contribution in [2.45, 2.75) is 71.1 Å². The van der Waals surface area contributed by atoms with Gasteiger partial charge in [0.1, 0.15) is 11.8 Å². The number of fused-ring (bicyclic) bond motifs is 1. The number of benzene rings is 1. The summed E-state index contributed by atoms with van der Waals surface area (Å²) in [6.07, 6.45) is -3.15. The number of alkyl halides is 3. The SMILES string of the molecule is CCCc1c(OCCCN2C(=O)C(C)N(C(C)CCC(=O)O)C2=O)ccc2c(C(F)(F)F)noc12. The number of amides is 3. The molecule has 192 valence electrons. The molecule has 1 aromatic heterocycles. The van der Waals surface area contributed by atoms with Crippen LogP contribution in [0.4, 0.5) is 18.0 Å². The number of urea groups is 1. The monoisotopic (exact) mass is 499 g/mol. The molecule has 1 aliphatic rings. The quantitative estimate of drug-likeness (QED) is 0.358. The van der Waals surface area contributed by atoms with Gasteiger partial charge in [0.25, 0.3) is 5.91 Å². The Hall–Kier alpha value is -3.31. The fourth-order valence-electron chi connectivity index (χ4n) is 4.26. The Balaban J connectivity index is 1.64. The molecular formula is C23H28F3N3O6. The van der Waals surface area contributed by atoms with Gasteiger partial charge in [-0.05, 0) is 45.2 Å². The number of rotatable bonds is 11. The smallest absolute Gasteiger partial charge is 0.437 e. The molecule has 9 nitrogen and oxygen atoms in total. The zero-order valence-corrected chi connectivity index (χ0v) is 19.7. The van der Waals surface area contributed by atoms with Crippen LogP contribution in [0.5, 0.6) is 5.75 Å². The van der Waals surface area contributed by atoms with Gasteiger partial charge in [-0.2, -0.15) is 13.2 Å². The van der Waals surface area contributed by atoms with Crippen LogP contribution in [0.1, 0.15) is 57.7 Å². The predicted octanol–water partition coefficient (Wildman–Crippen LogP) is 4.47. The summed E-state index contributed by atoms with van der Waals surface area (Å²) >= 11 is 0. The van der Waals surface area contributed by atoms with E-state index in [0.29, 0.717) is 30.6 Å². The molecule has 2 atom stereocenters. The summed E-state index contributed by atoms with van der Waals surface area (Å²) in [5.74, 6) is -0.982. The van der Waals surface area contributed by atoms with Gasteiger partial charge in [0.2, 0.25) is 0 Å². The van der Waals surface area contributed by atoms with Crippen LogP contribution in [0.15, 0.2) is 16.7 Å². The first kappa shape index (κ1) is 26.3. The zero-order chi connectivity index (χ0) is 25.9. The number of aryl methyl sites for hydroxylation is 1. The first-order valence-electron chi connectivity index (χ1n) is 11.4. The van der Waals surface area contributed by atoms with Gasteiger partial charge in [-0.15, -0.1) is 0 Å². The lowest BCUT2D eigenvalue weighted by Gasteiger charge is -2.26. The van der Waals surface area contributed by atoms with Crippen molar-refractivity contribution < 1.29 is 41.9 Å². The normalized spacial score (nSPS) is 17.5. The highest BCUT2D eigenvalue weighted by atomic mass is 19.4. The molecule has 1 aliphatic heterocycles. The minimum Gasteiger partial charge on any atom is -0.493 e. The number of imide groups is 1. The molecule has 0 radical (unpaired) electrons. The van der Waals surface area contributed by atoms with Gasteiger partial charge in [-0.3, -0.25) is 14.5 Å². The summed E-state index contributed by atoms with van der Waals surface area (Å²) in [5.41, 5.74) is -0.575. The van der Waals surface area contributed by atoms with Crippen molar-refractivity contribution in [2.75, 3.05) is 13.2 Å². The number of aliphatic carboxylic acids is 1. The number of aromatic nitrogens is 1. The maximum Gasteiger partial charge on any atom is 0.437 e. The van der Waals surface area contributed by atoms with Crippen molar-refractivity contribution >= 4 is 28.9 Å². The molecule has 2 heterocycles. The summed E-state index contributed by atoms with van der Waals surface area (Å²) in [6, 6.07) is 1.12. The third-order valence-electron chi connectivity index (χ3n) is 6.00. The molecule has 0 saturated carbocycles. The van der Waals surface area contributed by atoms with Gasteiger partial charge in [0.15, 0.2) is 11.3 Å². The number of ether oxygens (including phenoxy) is 1. The van der Waals surface area contributed by atoms with Crippen LogP contribution in [0.2, 0.25) is 0 Å². The van der Waals surface area contributed by atoms with Gasteiger partial charge in [0, 0.05) is 24.6 Å². The van der Waals surface area contributed by atoms with Crippen molar-refractivity contribution in [3.63, 3.8) is 0 Å². The lowest BCUT2D eigenvalue weighted by molar-refractivity contribution is -0.141. The molecule has 1 N–H and O–H groups in total. The van der Waals surface area contributed by atoms with Gasteiger partial charge < -0.3 is 19.3 Å². The average molecular weight is 499 g/mol. The maximum atomic E-state index is 13.2. The second kappa shape index (κ2) is 10.5. The number of carboxylic acids is 1. The molecule has 1 aromatic carbocycles. The molecule has 3 amide bonds. The minimum atomic E-state index is -4.64. The van der Waals surface area contributed by atoms with Crippen LogP contribution < -0.4 is 4.74 Å². The average Bonchev–Trinajstić information content (AvgIpc) is 3.31. The van der Waals surface area contributed by atoms with Crippen LogP contribution in [-0.2, 0) is 22.2 Å². The Morgan fingerprint density at radius 2 is 2.03 bits per heavy atom. The van der Waals surface area contributed by atoms with E-state index in [1.54, 1.807) is 13.8 Å². The second-order valence-electron chi connectivity index (χ2n) is 8.54. The lowest BCUT2D eigenvalue weighted by Crippen LogP contribution is -2.41. The van der Waals surface area contributed by atoms with Crippen molar-refractivity contribution in [1.29, 1.82) is 0 Å². The minimum absolute atomic E-state index is 0.0291. The summed E-state index contributed by atoms with van der Waals surface area (Å²) in [6.45, 7) is 5.39. The van der Waals surface area contributed by atoms with Crippen molar-refractivity contribution in [3.8, 4) is 5.75 Å². The number of hydrogen-bond donors (Lipinski definition) is 1. The van der Waals surface area contributed by atoms with Crippen molar-refractivity contribution in [1.82, 2.24) is 15.0 Å². The zero-order valence-electron chi connectivity index (χ0n) is 19.7. The third kappa shape index (κ3) is 5.51. The van der Waals surface area contributed by atoms with Crippen LogP contribution in [0.25, 0.3) is 11.0 Å². The fourth-order valence-corrected chi connectivity index (χ4v) is 4.26. The van der Waals surface area contributed by atoms with Crippen LogP contribution in [-0.4, -0.2) is 63.2 Å². The number of halogens is 3. The van der Waals surface area contributed by atoms with E-state index in [-0.39, 0.29) is 42.9 Å². The standard InChI is InChI=1S/C23H28F3N3O6/c1-4-6-15-17(9-8-16-19(15)35-27-20(16)23(24,25)26)34-12-5-11-28-21(32)14(3)29(22(28)33)13(2)7-10-18(30)31/h8-9,13-14H,4-7,10-12H2,1-3H3,(H,30,31). The Morgan fingerprint density at radius 1 is 1.31 bits per heavy atom. The molecule has 3 rings (SSSR count). The predicted molar refractivity (Wildman–Crippen MR) is 118 cm³/mol. The van der Waals surface area contributed by atoms with Gasteiger partial charge >= 0.3 is 18.2 Å². The number of hydrogen-bond acceptors (Lipinski definition) is 6. The third-order valence-corrected chi connectivity index (χ3v) is 6.00. The lowest BCUT2D eigenvalue weighted by atomic mass is 10.0. The Kier molecular flexibility index (Phi) is 7.91. The van der Waals surface area contributed by atoms with E-state index in [9.17, 15) is 27.6 Å². The Morgan fingerprint density at radius 3 is 2.66 bits per heavy atom. The molecule has 0 spiro atoms. The van der Waals surface area contributed by atoms with E-state index in [4.69, 9.17) is 14.4 Å². The largest absolute Gasteiger partial charge is 0.493 e.